The predicted octanol–water partition coefficient (Wildman–Crippen LogP) is 5.04. The number of halogens is 1. The number of hydrogen-bond donors (Lipinski definition) is 3. The molecule has 31 heavy (non-hydrogen) atoms. The Morgan fingerprint density at radius 2 is 1.94 bits per heavy atom. The molecular formula is C21H24BrNO6S2. The largest absolute Gasteiger partial charge is 0.508 e. The van der Waals surface area contributed by atoms with Crippen molar-refractivity contribution in [3.63, 3.8) is 0 Å². The number of thioether (sulfide) groups is 1. The SMILES string of the molecule is CO[C@@H](CCOC(=O)CS)[C@@H](OC(=O)Nc1ccc(SC)cc1)c1cc(Br)ccc1O. The van der Waals surface area contributed by atoms with Crippen LogP contribution in [0.25, 0.3) is 0 Å². The molecule has 2 N–H and O–H groups in total. The number of nitrogens with one attached hydrogen (secondary N) is 1. The molecule has 0 heterocycles. The predicted molar refractivity (Wildman–Crippen MR) is 127 cm³/mol. The summed E-state index contributed by atoms with van der Waals surface area (Å²) >= 11 is 8.82. The number of aromatic hydroxyl groups is 1. The normalized spacial score (nSPS) is 12.6. The minimum Gasteiger partial charge on any atom is -0.508 e. The third-order valence-corrected chi connectivity index (χ3v) is 5.80. The molecule has 1 amide bonds. The Morgan fingerprint density at radius 1 is 1.23 bits per heavy atom. The Balaban J connectivity index is 2.20. The van der Waals surface area contributed by atoms with Crippen molar-refractivity contribution in [1.29, 1.82) is 0 Å². The first kappa shape index (κ1) is 25.4. The number of rotatable bonds is 10. The molecule has 0 saturated heterocycles. The minimum atomic E-state index is -0.956. The van der Waals surface area contributed by atoms with Gasteiger partial charge < -0.3 is 19.3 Å². The highest BCUT2D eigenvalue weighted by molar-refractivity contribution is 9.10. The quantitative estimate of drug-likeness (QED) is 0.225. The van der Waals surface area contributed by atoms with Crippen LogP contribution in [-0.2, 0) is 19.0 Å². The minimum absolute atomic E-state index is 0.0399. The van der Waals surface area contributed by atoms with Gasteiger partial charge in [0.2, 0.25) is 0 Å². The molecule has 7 nitrogen and oxygen atoms in total. The molecule has 0 aliphatic rings. The fourth-order valence-electron chi connectivity index (χ4n) is 2.76. The number of amides is 1. The number of methoxy groups -OCH3 is 1. The molecule has 2 rings (SSSR count). The van der Waals surface area contributed by atoms with E-state index in [9.17, 15) is 14.7 Å². The van der Waals surface area contributed by atoms with Crippen molar-refractivity contribution in [1.82, 2.24) is 0 Å². The number of phenols is 1. The van der Waals surface area contributed by atoms with E-state index in [1.165, 1.54) is 13.2 Å². The van der Waals surface area contributed by atoms with Crippen molar-refractivity contribution in [2.45, 2.75) is 23.5 Å². The lowest BCUT2D eigenvalue weighted by molar-refractivity contribution is -0.141. The van der Waals surface area contributed by atoms with E-state index >= 15 is 0 Å². The summed E-state index contributed by atoms with van der Waals surface area (Å²) < 4.78 is 16.9. The number of carbonyl (C=O) groups is 2. The zero-order valence-electron chi connectivity index (χ0n) is 17.0. The van der Waals surface area contributed by atoms with Crippen LogP contribution in [-0.4, -0.2) is 49.0 Å². The maximum absolute atomic E-state index is 12.6. The van der Waals surface area contributed by atoms with Gasteiger partial charge in [0.15, 0.2) is 6.10 Å². The van der Waals surface area contributed by atoms with Crippen molar-refractivity contribution in [3.8, 4) is 5.75 Å². The van der Waals surface area contributed by atoms with Gasteiger partial charge in [0.05, 0.1) is 12.4 Å². The third kappa shape index (κ3) is 7.95. The van der Waals surface area contributed by atoms with E-state index in [-0.39, 0.29) is 24.5 Å². The van der Waals surface area contributed by atoms with Crippen LogP contribution in [0.15, 0.2) is 51.8 Å². The van der Waals surface area contributed by atoms with E-state index < -0.39 is 24.3 Å². The summed E-state index contributed by atoms with van der Waals surface area (Å²) in [5, 5.41) is 13.1. The highest BCUT2D eigenvalue weighted by Crippen LogP contribution is 2.34. The van der Waals surface area contributed by atoms with E-state index in [0.717, 1.165) is 4.90 Å². The van der Waals surface area contributed by atoms with Crippen molar-refractivity contribution >= 4 is 58.1 Å². The smallest absolute Gasteiger partial charge is 0.412 e. The zero-order valence-corrected chi connectivity index (χ0v) is 20.3. The third-order valence-electron chi connectivity index (χ3n) is 4.30. The lowest BCUT2D eigenvalue weighted by Crippen LogP contribution is -2.29. The molecule has 2 aromatic carbocycles. The lowest BCUT2D eigenvalue weighted by Gasteiger charge is -2.27. The Hall–Kier alpha value is -1.88. The molecule has 0 radical (unpaired) electrons. The molecule has 0 fully saturated rings. The molecule has 0 saturated carbocycles. The summed E-state index contributed by atoms with van der Waals surface area (Å²) in [6.45, 7) is 0.0459. The highest BCUT2D eigenvalue weighted by Gasteiger charge is 2.30. The van der Waals surface area contributed by atoms with E-state index in [1.54, 1.807) is 36.0 Å². The molecule has 0 aliphatic heterocycles. The molecule has 0 bridgehead atoms. The van der Waals surface area contributed by atoms with Gasteiger partial charge in [0.25, 0.3) is 0 Å². The maximum atomic E-state index is 12.6. The van der Waals surface area contributed by atoms with E-state index in [4.69, 9.17) is 14.2 Å². The van der Waals surface area contributed by atoms with Crippen molar-refractivity contribution < 1.29 is 28.9 Å². The van der Waals surface area contributed by atoms with Crippen LogP contribution in [0.3, 0.4) is 0 Å². The maximum Gasteiger partial charge on any atom is 0.412 e. The van der Waals surface area contributed by atoms with Gasteiger partial charge in [-0.05, 0) is 48.7 Å². The monoisotopic (exact) mass is 529 g/mol. The second-order valence-electron chi connectivity index (χ2n) is 6.32. The first-order chi connectivity index (χ1) is 14.9. The van der Waals surface area contributed by atoms with Gasteiger partial charge in [0, 0.05) is 34.1 Å². The number of thiol groups is 1. The number of hydrogen-bond acceptors (Lipinski definition) is 8. The topological polar surface area (TPSA) is 94.1 Å². The van der Waals surface area contributed by atoms with Crippen molar-refractivity contribution in [2.24, 2.45) is 0 Å². The van der Waals surface area contributed by atoms with Gasteiger partial charge in [-0.15, -0.1) is 11.8 Å². The van der Waals surface area contributed by atoms with Gasteiger partial charge in [-0.25, -0.2) is 4.79 Å². The summed E-state index contributed by atoms with van der Waals surface area (Å²) in [6, 6.07) is 12.1. The lowest BCUT2D eigenvalue weighted by atomic mass is 10.0. The molecule has 2 atom stereocenters. The van der Waals surface area contributed by atoms with Crippen molar-refractivity contribution in [3.05, 3.63) is 52.5 Å². The van der Waals surface area contributed by atoms with Gasteiger partial charge in [-0.2, -0.15) is 12.6 Å². The summed E-state index contributed by atoms with van der Waals surface area (Å²) in [7, 11) is 1.45. The number of ether oxygens (including phenoxy) is 3. The number of phenolic OH excluding ortho intramolecular Hbond substituents is 1. The molecule has 10 heteroatoms. The van der Waals surface area contributed by atoms with E-state index in [0.29, 0.717) is 15.7 Å². The molecule has 168 valence electrons. The number of benzene rings is 2. The molecule has 0 spiro atoms. The van der Waals surface area contributed by atoms with Crippen LogP contribution in [0.2, 0.25) is 0 Å². The first-order valence-corrected chi connectivity index (χ1v) is 11.9. The summed E-state index contributed by atoms with van der Waals surface area (Å²) in [4.78, 5) is 25.0. The Morgan fingerprint density at radius 3 is 2.55 bits per heavy atom. The second-order valence-corrected chi connectivity index (χ2v) is 8.44. The van der Waals surface area contributed by atoms with Gasteiger partial charge in [0.1, 0.15) is 11.9 Å². The second kappa shape index (κ2) is 12.8. The van der Waals surface area contributed by atoms with Gasteiger partial charge >= 0.3 is 12.1 Å². The Bertz CT molecular complexity index is 881. The van der Waals surface area contributed by atoms with Crippen molar-refractivity contribution in [2.75, 3.05) is 31.0 Å². The fourth-order valence-corrected chi connectivity index (χ4v) is 3.64. The van der Waals surface area contributed by atoms with E-state index in [1.807, 2.05) is 18.4 Å². The molecule has 0 unspecified atom stereocenters. The van der Waals surface area contributed by atoms with Crippen LogP contribution >= 0.6 is 40.3 Å². The highest BCUT2D eigenvalue weighted by atomic mass is 79.9. The van der Waals surface area contributed by atoms with Crippen LogP contribution in [0.4, 0.5) is 10.5 Å². The molecule has 0 aromatic heterocycles. The number of carbonyl (C=O) groups excluding carboxylic acids is 2. The number of anilines is 1. The molecular weight excluding hydrogens is 506 g/mol. The number of esters is 1. The molecule has 0 aliphatic carbocycles. The standard InChI is InChI=1S/C21H24BrNO6S2/c1-27-18(9-10-28-19(25)12-30)20(16-11-13(22)3-8-17(16)24)29-21(26)23-14-4-6-15(31-2)7-5-14/h3-8,11,18,20,24,30H,9-10,12H2,1-2H3,(H,23,26)/t18-,20-/m0/s1. The summed E-state index contributed by atoms with van der Waals surface area (Å²) in [5.74, 6) is -0.561. The molecule has 2 aromatic rings. The summed E-state index contributed by atoms with van der Waals surface area (Å²) in [5.41, 5.74) is 0.923. The first-order valence-electron chi connectivity index (χ1n) is 9.27. The van der Waals surface area contributed by atoms with Crippen LogP contribution in [0.1, 0.15) is 18.1 Å². The van der Waals surface area contributed by atoms with Gasteiger partial charge in [-0.3, -0.25) is 10.1 Å². The van der Waals surface area contributed by atoms with Crippen LogP contribution in [0, 0.1) is 0 Å². The van der Waals surface area contributed by atoms with Crippen LogP contribution < -0.4 is 5.32 Å². The fraction of sp³-hybridized carbons (Fsp3) is 0.333. The van der Waals surface area contributed by atoms with Crippen LogP contribution in [0.5, 0.6) is 5.75 Å². The summed E-state index contributed by atoms with van der Waals surface area (Å²) in [6.07, 6.45) is -0.150. The zero-order chi connectivity index (χ0) is 22.8. The average Bonchev–Trinajstić information content (AvgIpc) is 2.77. The Labute approximate surface area is 199 Å². The average molecular weight is 530 g/mol. The van der Waals surface area contributed by atoms with Gasteiger partial charge in [-0.1, -0.05) is 15.9 Å². The van der Waals surface area contributed by atoms with E-state index in [2.05, 4.69) is 33.9 Å². The Kier molecular flexibility index (Phi) is 10.5.